The van der Waals surface area contributed by atoms with Crippen LogP contribution in [0, 0.1) is 12.7 Å². The molecule has 1 unspecified atom stereocenters. The van der Waals surface area contributed by atoms with E-state index in [9.17, 15) is 4.39 Å². The molecule has 1 heterocycles. The van der Waals surface area contributed by atoms with Gasteiger partial charge >= 0.3 is 0 Å². The lowest BCUT2D eigenvalue weighted by atomic mass is 10.2. The molecule has 1 atom stereocenters. The highest BCUT2D eigenvalue weighted by Crippen LogP contribution is 2.19. The first-order valence-corrected chi connectivity index (χ1v) is 6.57. The third-order valence-corrected chi connectivity index (χ3v) is 3.78. The second kappa shape index (κ2) is 5.46. The van der Waals surface area contributed by atoms with Crippen LogP contribution in [0.2, 0.25) is 0 Å². The molecule has 96 valence electrons. The molecule has 2 rings (SSSR count). The highest BCUT2D eigenvalue weighted by molar-refractivity contribution is 7.09. The van der Waals surface area contributed by atoms with Crippen molar-refractivity contribution in [2.45, 2.75) is 26.4 Å². The Kier molecular flexibility index (Phi) is 3.93. The fourth-order valence-corrected chi connectivity index (χ4v) is 2.42. The molecule has 0 aliphatic heterocycles. The van der Waals surface area contributed by atoms with E-state index in [1.807, 2.05) is 19.2 Å². The highest BCUT2D eigenvalue weighted by atomic mass is 32.1. The van der Waals surface area contributed by atoms with Crippen LogP contribution in [-0.4, -0.2) is 10.1 Å². The van der Waals surface area contributed by atoms with Crippen LogP contribution in [0.25, 0.3) is 0 Å². The Morgan fingerprint density at radius 2 is 2.28 bits per heavy atom. The fourth-order valence-electron chi connectivity index (χ4n) is 1.59. The zero-order valence-corrected chi connectivity index (χ0v) is 11.1. The summed E-state index contributed by atoms with van der Waals surface area (Å²) in [6, 6.07) is 4.53. The first kappa shape index (κ1) is 13.0. The predicted molar refractivity (Wildman–Crippen MR) is 70.2 cm³/mol. The molecule has 1 aromatic carbocycles. The number of halogens is 1. The lowest BCUT2D eigenvalue weighted by Crippen LogP contribution is -2.18. The van der Waals surface area contributed by atoms with Gasteiger partial charge in [-0.2, -0.15) is 0 Å². The van der Waals surface area contributed by atoms with Crippen molar-refractivity contribution in [2.75, 3.05) is 0 Å². The van der Waals surface area contributed by atoms with E-state index >= 15 is 0 Å². The van der Waals surface area contributed by atoms with Gasteiger partial charge in [0.05, 0.1) is 6.04 Å². The van der Waals surface area contributed by atoms with Gasteiger partial charge in [0.25, 0.3) is 0 Å². The minimum atomic E-state index is -0.591. The molecule has 3 nitrogen and oxygen atoms in total. The largest absolute Gasteiger partial charge is 0.505 e. The van der Waals surface area contributed by atoms with Crippen LogP contribution in [-0.2, 0) is 6.54 Å². The maximum Gasteiger partial charge on any atom is 0.165 e. The Morgan fingerprint density at radius 1 is 1.50 bits per heavy atom. The van der Waals surface area contributed by atoms with E-state index in [0.717, 1.165) is 16.3 Å². The highest BCUT2D eigenvalue weighted by Gasteiger charge is 2.09. The zero-order valence-electron chi connectivity index (χ0n) is 10.3. The summed E-state index contributed by atoms with van der Waals surface area (Å²) >= 11 is 1.61. The summed E-state index contributed by atoms with van der Waals surface area (Å²) in [6.45, 7) is 4.52. The van der Waals surface area contributed by atoms with Gasteiger partial charge < -0.3 is 10.4 Å². The minimum absolute atomic E-state index is 0.126. The Balaban J connectivity index is 1.97. The van der Waals surface area contributed by atoms with Crippen LogP contribution < -0.4 is 5.32 Å². The number of nitrogens with zero attached hydrogens (tertiary/aromatic N) is 1. The van der Waals surface area contributed by atoms with Crippen LogP contribution in [0.15, 0.2) is 23.6 Å². The smallest absolute Gasteiger partial charge is 0.165 e. The number of hydrogen-bond donors (Lipinski definition) is 2. The molecule has 5 heteroatoms. The van der Waals surface area contributed by atoms with Crippen molar-refractivity contribution in [3.8, 4) is 5.75 Å². The molecule has 0 aliphatic carbocycles. The number of hydrogen-bond acceptors (Lipinski definition) is 4. The van der Waals surface area contributed by atoms with Crippen LogP contribution in [0.3, 0.4) is 0 Å². The van der Waals surface area contributed by atoms with Gasteiger partial charge in [-0.3, -0.25) is 0 Å². The zero-order chi connectivity index (χ0) is 13.1. The molecule has 2 aromatic rings. The number of aryl methyl sites for hydroxylation is 1. The van der Waals surface area contributed by atoms with Gasteiger partial charge in [-0.25, -0.2) is 9.37 Å². The van der Waals surface area contributed by atoms with E-state index in [2.05, 4.69) is 10.3 Å². The van der Waals surface area contributed by atoms with Gasteiger partial charge in [0.15, 0.2) is 11.6 Å². The maximum atomic E-state index is 13.1. The van der Waals surface area contributed by atoms with Crippen molar-refractivity contribution < 1.29 is 9.50 Å². The molecule has 2 N–H and O–H groups in total. The quantitative estimate of drug-likeness (QED) is 0.893. The van der Waals surface area contributed by atoms with E-state index in [4.69, 9.17) is 5.11 Å². The van der Waals surface area contributed by atoms with Crippen molar-refractivity contribution in [1.82, 2.24) is 10.3 Å². The molecule has 0 radical (unpaired) electrons. The number of phenols is 1. The average Bonchev–Trinajstić information content (AvgIpc) is 2.77. The van der Waals surface area contributed by atoms with E-state index in [1.54, 1.807) is 17.4 Å². The molecule has 0 bridgehead atoms. The first-order chi connectivity index (χ1) is 8.56. The molecule has 0 saturated heterocycles. The molecule has 0 fully saturated rings. The number of thiazole rings is 1. The van der Waals surface area contributed by atoms with Gasteiger partial charge in [-0.05, 0) is 31.5 Å². The van der Waals surface area contributed by atoms with Gasteiger partial charge in [-0.1, -0.05) is 6.07 Å². The summed E-state index contributed by atoms with van der Waals surface area (Å²) in [5.41, 5.74) is 1.81. The Bertz CT molecular complexity index is 542. The molecule has 0 aliphatic rings. The number of phenolic OH excluding ortho intramolecular Hbond substituents is 1. The predicted octanol–water partition coefficient (Wildman–Crippen LogP) is 3.15. The number of benzene rings is 1. The second-order valence-electron chi connectivity index (χ2n) is 4.22. The summed E-state index contributed by atoms with van der Waals surface area (Å²) in [5, 5.41) is 15.4. The maximum absolute atomic E-state index is 13.1. The third kappa shape index (κ3) is 3.05. The molecular weight excluding hydrogens is 251 g/mol. The number of aromatic nitrogens is 1. The SMILES string of the molecule is Cc1csc(C(C)NCc2ccc(O)c(F)c2)n1. The molecule has 18 heavy (non-hydrogen) atoms. The van der Waals surface area contributed by atoms with Crippen LogP contribution in [0.4, 0.5) is 4.39 Å². The van der Waals surface area contributed by atoms with Crippen molar-refractivity contribution in [3.05, 3.63) is 45.7 Å². The monoisotopic (exact) mass is 266 g/mol. The molecule has 0 amide bonds. The minimum Gasteiger partial charge on any atom is -0.505 e. The third-order valence-electron chi connectivity index (χ3n) is 2.63. The van der Waals surface area contributed by atoms with E-state index in [1.165, 1.54) is 12.1 Å². The number of rotatable bonds is 4. The van der Waals surface area contributed by atoms with Gasteiger partial charge in [0, 0.05) is 17.6 Å². The second-order valence-corrected chi connectivity index (χ2v) is 5.11. The first-order valence-electron chi connectivity index (χ1n) is 5.69. The summed E-state index contributed by atoms with van der Waals surface area (Å²) in [5.74, 6) is -0.908. The van der Waals surface area contributed by atoms with Gasteiger partial charge in [0.1, 0.15) is 5.01 Å². The van der Waals surface area contributed by atoms with Crippen molar-refractivity contribution >= 4 is 11.3 Å². The number of nitrogens with one attached hydrogen (secondary N) is 1. The fraction of sp³-hybridized carbons (Fsp3) is 0.308. The Hall–Kier alpha value is -1.46. The van der Waals surface area contributed by atoms with E-state index < -0.39 is 5.82 Å². The summed E-state index contributed by atoms with van der Waals surface area (Å²) in [6.07, 6.45) is 0. The lowest BCUT2D eigenvalue weighted by molar-refractivity contribution is 0.431. The van der Waals surface area contributed by atoms with Gasteiger partial charge in [0.2, 0.25) is 0 Å². The van der Waals surface area contributed by atoms with Crippen LogP contribution in [0.1, 0.15) is 29.2 Å². The van der Waals surface area contributed by atoms with Gasteiger partial charge in [-0.15, -0.1) is 11.3 Å². The molecular formula is C13H15FN2OS. The van der Waals surface area contributed by atoms with E-state index in [-0.39, 0.29) is 11.8 Å². The summed E-state index contributed by atoms with van der Waals surface area (Å²) < 4.78 is 13.1. The Morgan fingerprint density at radius 3 is 2.89 bits per heavy atom. The van der Waals surface area contributed by atoms with Crippen molar-refractivity contribution in [2.24, 2.45) is 0 Å². The summed E-state index contributed by atoms with van der Waals surface area (Å²) in [7, 11) is 0. The topological polar surface area (TPSA) is 45.1 Å². The van der Waals surface area contributed by atoms with Crippen molar-refractivity contribution in [3.63, 3.8) is 0 Å². The average molecular weight is 266 g/mol. The lowest BCUT2D eigenvalue weighted by Gasteiger charge is -2.11. The number of aromatic hydroxyl groups is 1. The van der Waals surface area contributed by atoms with E-state index in [0.29, 0.717) is 6.54 Å². The van der Waals surface area contributed by atoms with Crippen LogP contribution in [0.5, 0.6) is 5.75 Å². The normalized spacial score (nSPS) is 12.6. The standard InChI is InChI=1S/C13H15FN2OS/c1-8-7-18-13(16-8)9(2)15-6-10-3-4-12(17)11(14)5-10/h3-5,7,9,15,17H,6H2,1-2H3. The Labute approximate surface area is 109 Å². The summed E-state index contributed by atoms with van der Waals surface area (Å²) in [4.78, 5) is 4.40. The molecule has 0 spiro atoms. The molecule has 0 saturated carbocycles. The van der Waals surface area contributed by atoms with Crippen LogP contribution >= 0.6 is 11.3 Å². The molecule has 1 aromatic heterocycles. The van der Waals surface area contributed by atoms with Crippen molar-refractivity contribution in [1.29, 1.82) is 0 Å².